The van der Waals surface area contributed by atoms with Crippen molar-refractivity contribution in [3.05, 3.63) is 52.9 Å². The van der Waals surface area contributed by atoms with E-state index < -0.39 is 11.6 Å². The monoisotopic (exact) mass is 280 g/mol. The second-order valence-corrected chi connectivity index (χ2v) is 4.72. The third kappa shape index (κ3) is 3.02. The second-order valence-electron chi connectivity index (χ2n) is 4.72. The first kappa shape index (κ1) is 14.6. The minimum absolute atomic E-state index is 0.263. The summed E-state index contributed by atoms with van der Waals surface area (Å²) in [5, 5.41) is 4.33. The molecular formula is C14H18F2N4. The highest BCUT2D eigenvalue weighted by Crippen LogP contribution is 2.23. The molecule has 4 nitrogen and oxygen atoms in total. The Morgan fingerprint density at radius 2 is 2.15 bits per heavy atom. The number of nitrogens with two attached hydrogens (primary N) is 1. The van der Waals surface area contributed by atoms with E-state index in [1.807, 2.05) is 20.2 Å². The predicted octanol–water partition coefficient (Wildman–Crippen LogP) is 2.01. The summed E-state index contributed by atoms with van der Waals surface area (Å²) in [5.41, 5.74) is 4.75. The van der Waals surface area contributed by atoms with Gasteiger partial charge in [0.15, 0.2) is 0 Å². The van der Waals surface area contributed by atoms with Gasteiger partial charge in [0.05, 0.1) is 11.7 Å². The van der Waals surface area contributed by atoms with E-state index in [4.69, 9.17) is 5.84 Å². The van der Waals surface area contributed by atoms with Crippen molar-refractivity contribution in [3.8, 4) is 0 Å². The number of nitrogens with zero attached hydrogens (tertiary/aromatic N) is 2. The zero-order valence-corrected chi connectivity index (χ0v) is 11.5. The van der Waals surface area contributed by atoms with Crippen molar-refractivity contribution in [1.29, 1.82) is 0 Å². The molecule has 0 spiro atoms. The average molecular weight is 280 g/mol. The smallest absolute Gasteiger partial charge is 0.126 e. The summed E-state index contributed by atoms with van der Waals surface area (Å²) in [6.45, 7) is 1.99. The number of rotatable bonds is 5. The zero-order chi connectivity index (χ0) is 14.7. The maximum absolute atomic E-state index is 13.7. The highest BCUT2D eigenvalue weighted by molar-refractivity contribution is 5.26. The largest absolute Gasteiger partial charge is 0.275 e. The van der Waals surface area contributed by atoms with Crippen molar-refractivity contribution in [2.45, 2.75) is 25.8 Å². The van der Waals surface area contributed by atoms with Crippen molar-refractivity contribution in [2.75, 3.05) is 0 Å². The van der Waals surface area contributed by atoms with E-state index in [1.54, 1.807) is 4.68 Å². The van der Waals surface area contributed by atoms with Gasteiger partial charge in [-0.25, -0.2) is 8.78 Å². The fraction of sp³-hybridized carbons (Fsp3) is 0.357. The fourth-order valence-electron chi connectivity index (χ4n) is 2.30. The van der Waals surface area contributed by atoms with Gasteiger partial charge in [0.1, 0.15) is 11.6 Å². The van der Waals surface area contributed by atoms with Crippen molar-refractivity contribution in [1.82, 2.24) is 15.2 Å². The first-order valence-electron chi connectivity index (χ1n) is 6.47. The fourth-order valence-corrected chi connectivity index (χ4v) is 2.30. The molecule has 20 heavy (non-hydrogen) atoms. The number of halogens is 2. The number of aromatic nitrogens is 2. The summed E-state index contributed by atoms with van der Waals surface area (Å²) in [4.78, 5) is 0. The number of hydrogen-bond acceptors (Lipinski definition) is 3. The lowest BCUT2D eigenvalue weighted by Gasteiger charge is -2.16. The Morgan fingerprint density at radius 1 is 1.40 bits per heavy atom. The van der Waals surface area contributed by atoms with Crippen LogP contribution in [0.3, 0.4) is 0 Å². The number of aryl methyl sites for hydroxylation is 2. The van der Waals surface area contributed by atoms with E-state index in [2.05, 4.69) is 10.5 Å². The highest BCUT2D eigenvalue weighted by atomic mass is 19.1. The van der Waals surface area contributed by atoms with Crippen LogP contribution in [0.1, 0.15) is 29.8 Å². The van der Waals surface area contributed by atoms with Crippen LogP contribution in [-0.2, 0) is 19.9 Å². The Bertz CT molecular complexity index is 595. The third-order valence-corrected chi connectivity index (χ3v) is 3.28. The molecule has 108 valence electrons. The lowest BCUT2D eigenvalue weighted by Crippen LogP contribution is -2.30. The van der Waals surface area contributed by atoms with Crippen LogP contribution in [0.25, 0.3) is 0 Å². The van der Waals surface area contributed by atoms with E-state index in [1.165, 1.54) is 6.07 Å². The minimum Gasteiger partial charge on any atom is -0.275 e. The molecule has 0 bridgehead atoms. The molecule has 0 fully saturated rings. The molecule has 6 heteroatoms. The molecule has 2 rings (SSSR count). The van der Waals surface area contributed by atoms with Gasteiger partial charge in [0.2, 0.25) is 0 Å². The van der Waals surface area contributed by atoms with Gasteiger partial charge in [-0.2, -0.15) is 5.10 Å². The summed E-state index contributed by atoms with van der Waals surface area (Å²) in [7, 11) is 1.82. The Morgan fingerprint density at radius 3 is 2.80 bits per heavy atom. The molecule has 2 aromatic rings. The molecule has 0 aliphatic rings. The molecular weight excluding hydrogens is 262 g/mol. The molecule has 1 unspecified atom stereocenters. The SMILES string of the molecule is CCc1nn(C)cc1C(Cc1cc(F)ccc1F)NN. The summed E-state index contributed by atoms with van der Waals surface area (Å²) in [6, 6.07) is 3.12. The highest BCUT2D eigenvalue weighted by Gasteiger charge is 2.19. The van der Waals surface area contributed by atoms with Crippen LogP contribution in [-0.4, -0.2) is 9.78 Å². The van der Waals surface area contributed by atoms with Crippen molar-refractivity contribution >= 4 is 0 Å². The Balaban J connectivity index is 2.30. The van der Waals surface area contributed by atoms with Crippen LogP contribution in [0.4, 0.5) is 8.78 Å². The molecule has 1 aromatic heterocycles. The molecule has 0 saturated heterocycles. The summed E-state index contributed by atoms with van der Waals surface area (Å²) in [6.07, 6.45) is 2.86. The Hall–Kier alpha value is -1.79. The van der Waals surface area contributed by atoms with Gasteiger partial charge < -0.3 is 0 Å². The summed E-state index contributed by atoms with van der Waals surface area (Å²) >= 11 is 0. The van der Waals surface area contributed by atoms with Crippen LogP contribution in [0, 0.1) is 11.6 Å². The van der Waals surface area contributed by atoms with Gasteiger partial charge in [-0.3, -0.25) is 16.0 Å². The van der Waals surface area contributed by atoms with Gasteiger partial charge in [-0.05, 0) is 36.6 Å². The maximum Gasteiger partial charge on any atom is 0.126 e. The number of benzene rings is 1. The van der Waals surface area contributed by atoms with Gasteiger partial charge in [0.25, 0.3) is 0 Å². The summed E-state index contributed by atoms with van der Waals surface area (Å²) in [5.74, 6) is 4.67. The van der Waals surface area contributed by atoms with Crippen LogP contribution >= 0.6 is 0 Å². The standard InChI is InChI=1S/C14H18F2N4/c1-3-13-11(8-20(2)19-13)14(18-17)7-9-6-10(15)4-5-12(9)16/h4-6,8,14,18H,3,7,17H2,1-2H3. The van der Waals surface area contributed by atoms with Gasteiger partial charge in [-0.1, -0.05) is 6.92 Å². The van der Waals surface area contributed by atoms with Crippen LogP contribution in [0.5, 0.6) is 0 Å². The van der Waals surface area contributed by atoms with E-state index in [-0.39, 0.29) is 12.5 Å². The number of hydrogen-bond donors (Lipinski definition) is 2. The van der Waals surface area contributed by atoms with Crippen molar-refractivity contribution < 1.29 is 8.78 Å². The van der Waals surface area contributed by atoms with E-state index in [0.717, 1.165) is 29.8 Å². The van der Waals surface area contributed by atoms with E-state index in [0.29, 0.717) is 5.56 Å². The number of hydrazine groups is 1. The van der Waals surface area contributed by atoms with Gasteiger partial charge in [0, 0.05) is 18.8 Å². The Labute approximate surface area is 116 Å². The van der Waals surface area contributed by atoms with Crippen LogP contribution in [0.15, 0.2) is 24.4 Å². The molecule has 0 radical (unpaired) electrons. The molecule has 0 aliphatic carbocycles. The molecule has 0 aliphatic heterocycles. The number of nitrogens with one attached hydrogen (secondary N) is 1. The predicted molar refractivity (Wildman–Crippen MR) is 72.7 cm³/mol. The normalized spacial score (nSPS) is 12.7. The maximum atomic E-state index is 13.7. The second kappa shape index (κ2) is 6.11. The quantitative estimate of drug-likeness (QED) is 0.650. The van der Waals surface area contributed by atoms with Crippen molar-refractivity contribution in [3.63, 3.8) is 0 Å². The lowest BCUT2D eigenvalue weighted by atomic mass is 9.98. The van der Waals surface area contributed by atoms with E-state index in [9.17, 15) is 8.78 Å². The van der Waals surface area contributed by atoms with Crippen LogP contribution < -0.4 is 11.3 Å². The van der Waals surface area contributed by atoms with Gasteiger partial charge >= 0.3 is 0 Å². The minimum atomic E-state index is -0.459. The Kier molecular flexibility index (Phi) is 4.46. The topological polar surface area (TPSA) is 55.9 Å². The lowest BCUT2D eigenvalue weighted by molar-refractivity contribution is 0.520. The van der Waals surface area contributed by atoms with Crippen molar-refractivity contribution in [2.24, 2.45) is 12.9 Å². The third-order valence-electron chi connectivity index (χ3n) is 3.28. The first-order chi connectivity index (χ1) is 9.55. The molecule has 1 heterocycles. The molecule has 3 N–H and O–H groups in total. The zero-order valence-electron chi connectivity index (χ0n) is 11.5. The first-order valence-corrected chi connectivity index (χ1v) is 6.47. The molecule has 0 saturated carbocycles. The van der Waals surface area contributed by atoms with Crippen LogP contribution in [0.2, 0.25) is 0 Å². The molecule has 0 amide bonds. The average Bonchev–Trinajstić information content (AvgIpc) is 2.80. The molecule has 1 aromatic carbocycles. The van der Waals surface area contributed by atoms with Gasteiger partial charge in [-0.15, -0.1) is 0 Å². The summed E-state index contributed by atoms with van der Waals surface area (Å²) < 4.78 is 28.6. The molecule has 1 atom stereocenters. The van der Waals surface area contributed by atoms with E-state index >= 15 is 0 Å².